The average molecular weight is 302 g/mol. The van der Waals surface area contributed by atoms with Crippen molar-refractivity contribution >= 4 is 5.91 Å². The highest BCUT2D eigenvalue weighted by Gasteiger charge is 2.30. The fourth-order valence-corrected chi connectivity index (χ4v) is 3.32. The molecule has 2 saturated heterocycles. The zero-order chi connectivity index (χ0) is 15.2. The lowest BCUT2D eigenvalue weighted by molar-refractivity contribution is -0.142. The predicted octanol–water partition coefficient (Wildman–Crippen LogP) is 1.94. The van der Waals surface area contributed by atoms with Crippen LogP contribution in [-0.2, 0) is 16.0 Å². The molecule has 4 nitrogen and oxygen atoms in total. The maximum atomic E-state index is 12.3. The van der Waals surface area contributed by atoms with Gasteiger partial charge in [-0.25, -0.2) is 0 Å². The number of aryl methyl sites for hydroxylation is 1. The Kier molecular flexibility index (Phi) is 5.46. The molecule has 0 radical (unpaired) electrons. The van der Waals surface area contributed by atoms with Crippen molar-refractivity contribution in [2.45, 2.75) is 31.8 Å². The fourth-order valence-electron chi connectivity index (χ4n) is 3.32. The van der Waals surface area contributed by atoms with Gasteiger partial charge in [0, 0.05) is 32.8 Å². The number of amides is 1. The van der Waals surface area contributed by atoms with E-state index in [1.165, 1.54) is 12.0 Å². The van der Waals surface area contributed by atoms with Crippen molar-refractivity contribution in [1.82, 2.24) is 9.80 Å². The topological polar surface area (TPSA) is 32.8 Å². The number of piperazine rings is 1. The summed E-state index contributed by atoms with van der Waals surface area (Å²) in [6, 6.07) is 10.7. The first-order chi connectivity index (χ1) is 10.8. The van der Waals surface area contributed by atoms with Gasteiger partial charge in [0.25, 0.3) is 5.91 Å². The van der Waals surface area contributed by atoms with Crippen LogP contribution in [0, 0.1) is 0 Å². The van der Waals surface area contributed by atoms with E-state index in [1.54, 1.807) is 0 Å². The van der Waals surface area contributed by atoms with E-state index < -0.39 is 0 Å². The van der Waals surface area contributed by atoms with Crippen molar-refractivity contribution in [3.8, 4) is 0 Å². The summed E-state index contributed by atoms with van der Waals surface area (Å²) < 4.78 is 5.50. The molecule has 2 fully saturated rings. The summed E-state index contributed by atoms with van der Waals surface area (Å²) in [5.41, 5.74) is 1.41. The number of nitrogens with zero attached hydrogens (tertiary/aromatic N) is 2. The number of carbonyl (C=O) groups excluding carboxylic acids is 1. The van der Waals surface area contributed by atoms with Crippen LogP contribution in [0.1, 0.15) is 24.8 Å². The van der Waals surface area contributed by atoms with Gasteiger partial charge in [0.1, 0.15) is 6.10 Å². The Labute approximate surface area is 133 Å². The van der Waals surface area contributed by atoms with Gasteiger partial charge in [-0.2, -0.15) is 0 Å². The molecule has 0 N–H and O–H groups in total. The molecule has 1 aromatic rings. The van der Waals surface area contributed by atoms with Gasteiger partial charge in [0.15, 0.2) is 0 Å². The van der Waals surface area contributed by atoms with E-state index in [0.29, 0.717) is 0 Å². The molecule has 0 aliphatic carbocycles. The first kappa shape index (κ1) is 15.5. The van der Waals surface area contributed by atoms with Crippen LogP contribution < -0.4 is 0 Å². The van der Waals surface area contributed by atoms with Gasteiger partial charge in [-0.3, -0.25) is 9.69 Å². The van der Waals surface area contributed by atoms with E-state index in [9.17, 15) is 4.79 Å². The third-order valence-corrected chi connectivity index (χ3v) is 4.67. The zero-order valence-electron chi connectivity index (χ0n) is 13.2. The maximum absolute atomic E-state index is 12.3. The molecule has 0 spiro atoms. The van der Waals surface area contributed by atoms with Crippen LogP contribution in [0.5, 0.6) is 0 Å². The molecule has 3 rings (SSSR count). The molecule has 1 unspecified atom stereocenters. The molecule has 1 amide bonds. The van der Waals surface area contributed by atoms with Crippen molar-refractivity contribution < 1.29 is 9.53 Å². The highest BCUT2D eigenvalue weighted by molar-refractivity contribution is 5.81. The summed E-state index contributed by atoms with van der Waals surface area (Å²) in [5.74, 6) is 0.210. The summed E-state index contributed by atoms with van der Waals surface area (Å²) >= 11 is 0. The van der Waals surface area contributed by atoms with Crippen molar-refractivity contribution in [2.75, 3.05) is 39.3 Å². The minimum Gasteiger partial charge on any atom is -0.368 e. The SMILES string of the molecule is O=C(C1CCCO1)N1CCN(CCCc2ccccc2)CC1. The van der Waals surface area contributed by atoms with E-state index in [1.807, 2.05) is 4.90 Å². The first-order valence-corrected chi connectivity index (χ1v) is 8.49. The summed E-state index contributed by atoms with van der Waals surface area (Å²) in [4.78, 5) is 16.8. The second-order valence-corrected chi connectivity index (χ2v) is 6.26. The van der Waals surface area contributed by atoms with Crippen LogP contribution in [0.25, 0.3) is 0 Å². The molecule has 0 aromatic heterocycles. The molecule has 2 heterocycles. The smallest absolute Gasteiger partial charge is 0.251 e. The van der Waals surface area contributed by atoms with E-state index >= 15 is 0 Å². The van der Waals surface area contributed by atoms with E-state index in [2.05, 4.69) is 35.2 Å². The molecule has 1 atom stereocenters. The third-order valence-electron chi connectivity index (χ3n) is 4.67. The Hall–Kier alpha value is -1.39. The normalized spacial score (nSPS) is 22.9. The van der Waals surface area contributed by atoms with Crippen molar-refractivity contribution in [1.29, 1.82) is 0 Å². The molecule has 4 heteroatoms. The Balaban J connectivity index is 1.36. The third kappa shape index (κ3) is 4.08. The monoisotopic (exact) mass is 302 g/mol. The van der Waals surface area contributed by atoms with Crippen molar-refractivity contribution in [3.05, 3.63) is 35.9 Å². The predicted molar refractivity (Wildman–Crippen MR) is 86.8 cm³/mol. The van der Waals surface area contributed by atoms with Crippen LogP contribution in [0.4, 0.5) is 0 Å². The molecule has 2 aliphatic rings. The summed E-state index contributed by atoms with van der Waals surface area (Å²) in [6.45, 7) is 5.56. The van der Waals surface area contributed by atoms with E-state index in [0.717, 1.165) is 58.6 Å². The zero-order valence-corrected chi connectivity index (χ0v) is 13.2. The lowest BCUT2D eigenvalue weighted by atomic mass is 10.1. The van der Waals surface area contributed by atoms with E-state index in [-0.39, 0.29) is 12.0 Å². The van der Waals surface area contributed by atoms with Crippen LogP contribution in [-0.4, -0.2) is 61.1 Å². The van der Waals surface area contributed by atoms with Gasteiger partial charge in [0.05, 0.1) is 0 Å². The highest BCUT2D eigenvalue weighted by atomic mass is 16.5. The molecule has 2 aliphatic heterocycles. The number of hydrogen-bond donors (Lipinski definition) is 0. The number of benzene rings is 1. The molecule has 1 aromatic carbocycles. The van der Waals surface area contributed by atoms with E-state index in [4.69, 9.17) is 4.74 Å². The Morgan fingerprint density at radius 1 is 1.14 bits per heavy atom. The summed E-state index contributed by atoms with van der Waals surface area (Å²) in [6.07, 6.45) is 4.08. The number of ether oxygens (including phenoxy) is 1. The van der Waals surface area contributed by atoms with Gasteiger partial charge < -0.3 is 9.64 Å². The first-order valence-electron chi connectivity index (χ1n) is 8.49. The average Bonchev–Trinajstić information content (AvgIpc) is 3.10. The van der Waals surface area contributed by atoms with Crippen LogP contribution in [0.3, 0.4) is 0 Å². The Bertz CT molecular complexity index is 463. The van der Waals surface area contributed by atoms with Gasteiger partial charge in [0.2, 0.25) is 0 Å². The standard InChI is InChI=1S/C18H26N2O2/c21-18(17-9-5-15-22-17)20-13-11-19(12-14-20)10-4-8-16-6-2-1-3-7-16/h1-3,6-7,17H,4-5,8-15H2. The lowest BCUT2D eigenvalue weighted by Gasteiger charge is -2.35. The van der Waals surface area contributed by atoms with Crippen LogP contribution >= 0.6 is 0 Å². The molecule has 0 saturated carbocycles. The quantitative estimate of drug-likeness (QED) is 0.833. The Morgan fingerprint density at radius 2 is 1.91 bits per heavy atom. The minimum atomic E-state index is -0.162. The maximum Gasteiger partial charge on any atom is 0.251 e. The second kappa shape index (κ2) is 7.75. The summed E-state index contributed by atoms with van der Waals surface area (Å²) in [5, 5.41) is 0. The molecule has 120 valence electrons. The Morgan fingerprint density at radius 3 is 2.59 bits per heavy atom. The number of hydrogen-bond acceptors (Lipinski definition) is 3. The van der Waals surface area contributed by atoms with Gasteiger partial charge >= 0.3 is 0 Å². The second-order valence-electron chi connectivity index (χ2n) is 6.26. The van der Waals surface area contributed by atoms with Gasteiger partial charge in [-0.1, -0.05) is 30.3 Å². The minimum absolute atomic E-state index is 0.162. The summed E-state index contributed by atoms with van der Waals surface area (Å²) in [7, 11) is 0. The molecule has 22 heavy (non-hydrogen) atoms. The number of carbonyl (C=O) groups is 1. The van der Waals surface area contributed by atoms with Crippen molar-refractivity contribution in [2.24, 2.45) is 0 Å². The number of rotatable bonds is 5. The molecule has 0 bridgehead atoms. The van der Waals surface area contributed by atoms with Crippen LogP contribution in [0.2, 0.25) is 0 Å². The van der Waals surface area contributed by atoms with Gasteiger partial charge in [-0.15, -0.1) is 0 Å². The lowest BCUT2D eigenvalue weighted by Crippen LogP contribution is -2.51. The molecular weight excluding hydrogens is 276 g/mol. The highest BCUT2D eigenvalue weighted by Crippen LogP contribution is 2.16. The fraction of sp³-hybridized carbons (Fsp3) is 0.611. The van der Waals surface area contributed by atoms with Crippen LogP contribution in [0.15, 0.2) is 30.3 Å². The van der Waals surface area contributed by atoms with Gasteiger partial charge in [-0.05, 0) is 37.8 Å². The largest absolute Gasteiger partial charge is 0.368 e. The van der Waals surface area contributed by atoms with Crippen molar-refractivity contribution in [3.63, 3.8) is 0 Å². The molecular formula is C18H26N2O2.